The summed E-state index contributed by atoms with van der Waals surface area (Å²) in [6, 6.07) is 0. The van der Waals surface area contributed by atoms with Gasteiger partial charge in [0.2, 0.25) is 0 Å². The number of unbranched alkanes of at least 4 members (excludes halogenated alkanes) is 9. The van der Waals surface area contributed by atoms with E-state index in [2.05, 4.69) is 6.92 Å². The molecule has 0 radical (unpaired) electrons. The van der Waals surface area contributed by atoms with Crippen LogP contribution in [0.1, 0.15) is 71.1 Å². The van der Waals surface area contributed by atoms with Crippen molar-refractivity contribution in [3.63, 3.8) is 0 Å². The predicted molar refractivity (Wildman–Crippen MR) is 88.1 cm³/mol. The molecule has 0 aromatic heterocycles. The number of nitrogens with two attached hydrogens (primary N) is 2. The molecule has 21 heavy (non-hydrogen) atoms. The summed E-state index contributed by atoms with van der Waals surface area (Å²) in [5.41, 5.74) is 11.1. The van der Waals surface area contributed by atoms with E-state index in [1.165, 1.54) is 51.4 Å². The molecule has 0 atom stereocenters. The number of aliphatic carboxylic acids is 1. The number of carbonyl (C=O) groups is 1. The number of carboxylic acids is 1. The minimum atomic E-state index is -0.817. The van der Waals surface area contributed by atoms with Gasteiger partial charge in [-0.3, -0.25) is 9.69 Å². The Morgan fingerprint density at radius 3 is 1.86 bits per heavy atom. The van der Waals surface area contributed by atoms with Crippen molar-refractivity contribution in [1.29, 1.82) is 0 Å². The molecule has 0 fully saturated rings. The molecule has 0 amide bonds. The first-order valence-corrected chi connectivity index (χ1v) is 8.51. The number of nitrogens with zero attached hydrogens (tertiary/aromatic N) is 1. The van der Waals surface area contributed by atoms with Crippen LogP contribution in [0, 0.1) is 0 Å². The fraction of sp³-hybridized carbons (Fsp3) is 0.938. The third kappa shape index (κ3) is 15.6. The van der Waals surface area contributed by atoms with Gasteiger partial charge in [-0.1, -0.05) is 64.7 Å². The highest BCUT2D eigenvalue weighted by Crippen LogP contribution is 2.10. The van der Waals surface area contributed by atoms with Crippen molar-refractivity contribution in [2.24, 2.45) is 11.5 Å². The number of hydrogen-bond donors (Lipinski definition) is 3. The van der Waals surface area contributed by atoms with Crippen LogP contribution in [-0.2, 0) is 4.79 Å². The monoisotopic (exact) mass is 301 g/mol. The summed E-state index contributed by atoms with van der Waals surface area (Å²) < 4.78 is 0. The van der Waals surface area contributed by atoms with Crippen LogP contribution in [-0.4, -0.2) is 41.8 Å². The maximum atomic E-state index is 10.8. The van der Waals surface area contributed by atoms with E-state index >= 15 is 0 Å². The van der Waals surface area contributed by atoms with Crippen molar-refractivity contribution < 1.29 is 9.90 Å². The van der Waals surface area contributed by atoms with Crippen molar-refractivity contribution >= 4 is 5.97 Å². The van der Waals surface area contributed by atoms with Gasteiger partial charge >= 0.3 is 5.97 Å². The molecular formula is C16H35N3O2. The summed E-state index contributed by atoms with van der Waals surface area (Å²) in [6.45, 7) is 3.49. The zero-order valence-electron chi connectivity index (χ0n) is 13.7. The van der Waals surface area contributed by atoms with E-state index in [1.807, 2.05) is 4.90 Å². The maximum Gasteiger partial charge on any atom is 0.317 e. The zero-order chi connectivity index (χ0) is 15.9. The Balaban J connectivity index is 3.46. The quantitative estimate of drug-likeness (QED) is 0.319. The van der Waals surface area contributed by atoms with Crippen molar-refractivity contribution in [2.75, 3.05) is 19.6 Å². The average molecular weight is 301 g/mol. The molecule has 0 bridgehead atoms. The first kappa shape index (κ1) is 20.3. The molecule has 5 heteroatoms. The molecule has 0 saturated carbocycles. The van der Waals surface area contributed by atoms with Gasteiger partial charge in [0.25, 0.3) is 0 Å². The molecule has 0 saturated heterocycles. The summed E-state index contributed by atoms with van der Waals surface area (Å²) in [5.74, 6) is -0.817. The van der Waals surface area contributed by atoms with Crippen molar-refractivity contribution in [3.8, 4) is 0 Å². The highest BCUT2D eigenvalue weighted by molar-refractivity contribution is 5.69. The van der Waals surface area contributed by atoms with Crippen LogP contribution in [0.2, 0.25) is 0 Å². The summed E-state index contributed by atoms with van der Waals surface area (Å²) in [5, 5.41) is 8.83. The second-order valence-corrected chi connectivity index (χ2v) is 5.97. The Kier molecular flexibility index (Phi) is 13.9. The molecule has 0 aromatic rings. The van der Waals surface area contributed by atoms with Gasteiger partial charge in [-0.05, 0) is 13.0 Å². The highest BCUT2D eigenvalue weighted by Gasteiger charge is 2.11. The number of hydrogen-bond acceptors (Lipinski definition) is 4. The van der Waals surface area contributed by atoms with Crippen LogP contribution in [0.15, 0.2) is 0 Å². The smallest absolute Gasteiger partial charge is 0.317 e. The fourth-order valence-electron chi connectivity index (χ4n) is 2.55. The minimum Gasteiger partial charge on any atom is -0.480 e. The van der Waals surface area contributed by atoms with E-state index in [9.17, 15) is 4.79 Å². The highest BCUT2D eigenvalue weighted by atomic mass is 16.4. The Hall–Kier alpha value is -0.650. The van der Waals surface area contributed by atoms with Gasteiger partial charge in [-0.15, -0.1) is 0 Å². The molecule has 0 rings (SSSR count). The van der Waals surface area contributed by atoms with Gasteiger partial charge in [0.1, 0.15) is 0 Å². The first-order chi connectivity index (χ1) is 10.1. The molecule has 126 valence electrons. The predicted octanol–water partition coefficient (Wildman–Crippen LogP) is 2.54. The number of rotatable bonds is 15. The minimum absolute atomic E-state index is 0.0301. The van der Waals surface area contributed by atoms with E-state index < -0.39 is 12.1 Å². The third-order valence-corrected chi connectivity index (χ3v) is 3.66. The molecule has 5 nitrogen and oxygen atoms in total. The van der Waals surface area contributed by atoms with E-state index in [-0.39, 0.29) is 6.54 Å². The van der Waals surface area contributed by atoms with Gasteiger partial charge in [-0.25, -0.2) is 0 Å². The standard InChI is InChI=1S/C16H35N3O2/c1-2-3-4-5-6-7-8-9-10-11-12-19(13-15(17)18)14-16(20)21/h15H,2-14,17-18H2,1H3,(H,20,21). The Labute approximate surface area is 130 Å². The van der Waals surface area contributed by atoms with Crippen LogP contribution in [0.5, 0.6) is 0 Å². The summed E-state index contributed by atoms with van der Waals surface area (Å²) >= 11 is 0. The molecule has 0 aliphatic rings. The maximum absolute atomic E-state index is 10.8. The lowest BCUT2D eigenvalue weighted by molar-refractivity contribution is -0.138. The summed E-state index contributed by atoms with van der Waals surface area (Å²) in [7, 11) is 0. The van der Waals surface area contributed by atoms with Crippen LogP contribution < -0.4 is 11.5 Å². The van der Waals surface area contributed by atoms with Crippen LogP contribution in [0.25, 0.3) is 0 Å². The van der Waals surface area contributed by atoms with Crippen molar-refractivity contribution in [3.05, 3.63) is 0 Å². The van der Waals surface area contributed by atoms with Crippen LogP contribution in [0.3, 0.4) is 0 Å². The zero-order valence-corrected chi connectivity index (χ0v) is 13.7. The van der Waals surface area contributed by atoms with Gasteiger partial charge in [-0.2, -0.15) is 0 Å². The SMILES string of the molecule is CCCCCCCCCCCCN(CC(=O)O)CC(N)N. The Morgan fingerprint density at radius 1 is 0.952 bits per heavy atom. The molecule has 0 heterocycles. The number of carboxylic acid groups (broad SMARTS) is 1. The fourth-order valence-corrected chi connectivity index (χ4v) is 2.55. The average Bonchev–Trinajstić information content (AvgIpc) is 2.39. The van der Waals surface area contributed by atoms with E-state index in [4.69, 9.17) is 16.6 Å². The lowest BCUT2D eigenvalue weighted by Crippen LogP contribution is -2.45. The van der Waals surface area contributed by atoms with E-state index in [0.717, 1.165) is 19.4 Å². The first-order valence-electron chi connectivity index (χ1n) is 8.51. The molecule has 0 aliphatic heterocycles. The lowest BCUT2D eigenvalue weighted by atomic mass is 10.1. The van der Waals surface area contributed by atoms with Crippen LogP contribution >= 0.6 is 0 Å². The van der Waals surface area contributed by atoms with Crippen molar-refractivity contribution in [2.45, 2.75) is 77.3 Å². The normalized spacial score (nSPS) is 11.5. The Bertz CT molecular complexity index is 248. The lowest BCUT2D eigenvalue weighted by Gasteiger charge is -2.21. The topological polar surface area (TPSA) is 92.6 Å². The molecular weight excluding hydrogens is 266 g/mol. The third-order valence-electron chi connectivity index (χ3n) is 3.66. The Morgan fingerprint density at radius 2 is 1.43 bits per heavy atom. The van der Waals surface area contributed by atoms with Crippen LogP contribution in [0.4, 0.5) is 0 Å². The molecule has 5 N–H and O–H groups in total. The molecule has 0 aliphatic carbocycles. The second-order valence-electron chi connectivity index (χ2n) is 5.97. The summed E-state index contributed by atoms with van der Waals surface area (Å²) in [4.78, 5) is 12.6. The summed E-state index contributed by atoms with van der Waals surface area (Å²) in [6.07, 6.45) is 12.3. The van der Waals surface area contributed by atoms with Gasteiger partial charge in [0.15, 0.2) is 0 Å². The molecule has 0 unspecified atom stereocenters. The van der Waals surface area contributed by atoms with Gasteiger partial charge < -0.3 is 16.6 Å². The molecule has 0 spiro atoms. The van der Waals surface area contributed by atoms with Gasteiger partial charge in [0, 0.05) is 6.54 Å². The van der Waals surface area contributed by atoms with Gasteiger partial charge in [0.05, 0.1) is 12.7 Å². The van der Waals surface area contributed by atoms with Crippen molar-refractivity contribution in [1.82, 2.24) is 4.90 Å². The largest absolute Gasteiger partial charge is 0.480 e. The molecule has 0 aromatic carbocycles. The van der Waals surface area contributed by atoms with E-state index in [0.29, 0.717) is 6.54 Å². The van der Waals surface area contributed by atoms with E-state index in [1.54, 1.807) is 0 Å². The second kappa shape index (κ2) is 14.3.